The Morgan fingerprint density at radius 1 is 0.900 bits per heavy atom. The third-order valence-electron chi connectivity index (χ3n) is 4.15. The van der Waals surface area contributed by atoms with E-state index in [-0.39, 0.29) is 12.2 Å². The van der Waals surface area contributed by atoms with Gasteiger partial charge in [0.2, 0.25) is 17.7 Å². The number of thiol groups is 1. The predicted molar refractivity (Wildman–Crippen MR) is 109 cm³/mol. The van der Waals surface area contributed by atoms with Gasteiger partial charge in [-0.25, -0.2) is 4.79 Å². The molecule has 0 heterocycles. The molecule has 0 radical (unpaired) electrons. The molecule has 0 spiro atoms. The Labute approximate surface area is 179 Å². The minimum absolute atomic E-state index is 0.186. The summed E-state index contributed by atoms with van der Waals surface area (Å²) in [5, 5.41) is 34.3. The van der Waals surface area contributed by atoms with E-state index in [1.54, 1.807) is 13.8 Å². The lowest BCUT2D eigenvalue weighted by Gasteiger charge is -2.25. The van der Waals surface area contributed by atoms with Crippen molar-refractivity contribution in [1.82, 2.24) is 16.0 Å². The highest BCUT2D eigenvalue weighted by Crippen LogP contribution is 2.05. The number of aliphatic carboxylic acids is 2. The van der Waals surface area contributed by atoms with Gasteiger partial charge in [0.15, 0.2) is 0 Å². The summed E-state index contributed by atoms with van der Waals surface area (Å²) < 4.78 is 0. The standard InChI is InChI=1S/C17H30N4O8S/c1-7(2)13(17(28)29)21-15(26)10(6-30)20-14(25)9(4-5-11(23)24)19-16(27)12(18)8(3)22/h7-10,12-13,22,30H,4-6,18H2,1-3H3,(H,19,27)(H,20,25)(H,21,26)(H,23,24)(H,28,29). The Hall–Kier alpha value is -2.38. The molecule has 0 aliphatic rings. The molecule has 0 saturated heterocycles. The fourth-order valence-corrected chi connectivity index (χ4v) is 2.51. The third-order valence-corrected chi connectivity index (χ3v) is 4.51. The molecule has 0 aliphatic carbocycles. The van der Waals surface area contributed by atoms with Crippen molar-refractivity contribution in [3.63, 3.8) is 0 Å². The molecule has 13 heteroatoms. The van der Waals surface area contributed by atoms with Crippen LogP contribution in [0, 0.1) is 5.92 Å². The molecular weight excluding hydrogens is 420 g/mol. The molecular formula is C17H30N4O8S. The second-order valence-electron chi connectivity index (χ2n) is 7.07. The van der Waals surface area contributed by atoms with E-state index in [0.717, 1.165) is 0 Å². The van der Waals surface area contributed by atoms with E-state index in [1.165, 1.54) is 6.92 Å². The highest BCUT2D eigenvalue weighted by Gasteiger charge is 2.31. The molecule has 0 aliphatic heterocycles. The van der Waals surface area contributed by atoms with Gasteiger partial charge in [-0.1, -0.05) is 13.8 Å². The average molecular weight is 451 g/mol. The van der Waals surface area contributed by atoms with Gasteiger partial charge in [-0.05, 0) is 19.3 Å². The van der Waals surface area contributed by atoms with E-state index in [4.69, 9.17) is 10.8 Å². The lowest BCUT2D eigenvalue weighted by Crippen LogP contribution is -2.59. The van der Waals surface area contributed by atoms with E-state index in [9.17, 15) is 34.2 Å². The summed E-state index contributed by atoms with van der Waals surface area (Å²) in [5.41, 5.74) is 5.51. The van der Waals surface area contributed by atoms with Crippen LogP contribution in [-0.2, 0) is 24.0 Å². The molecule has 0 rings (SSSR count). The molecule has 3 amide bonds. The van der Waals surface area contributed by atoms with E-state index >= 15 is 0 Å². The quantitative estimate of drug-likeness (QED) is 0.141. The second kappa shape index (κ2) is 13.0. The summed E-state index contributed by atoms with van der Waals surface area (Å²) >= 11 is 3.98. The lowest BCUT2D eigenvalue weighted by molar-refractivity contribution is -0.143. The molecule has 172 valence electrons. The highest BCUT2D eigenvalue weighted by atomic mass is 32.1. The number of nitrogens with two attached hydrogens (primary N) is 1. The minimum atomic E-state index is -1.35. The van der Waals surface area contributed by atoms with Crippen molar-refractivity contribution in [2.24, 2.45) is 11.7 Å². The first-order valence-electron chi connectivity index (χ1n) is 9.22. The molecule has 8 N–H and O–H groups in total. The first-order valence-corrected chi connectivity index (χ1v) is 9.85. The highest BCUT2D eigenvalue weighted by molar-refractivity contribution is 7.80. The van der Waals surface area contributed by atoms with Gasteiger partial charge in [-0.3, -0.25) is 19.2 Å². The third kappa shape index (κ3) is 9.41. The topological polar surface area (TPSA) is 208 Å². The van der Waals surface area contributed by atoms with Gasteiger partial charge >= 0.3 is 11.9 Å². The van der Waals surface area contributed by atoms with Crippen molar-refractivity contribution in [3.05, 3.63) is 0 Å². The summed E-state index contributed by atoms with van der Waals surface area (Å²) in [6.07, 6.45) is -1.98. The van der Waals surface area contributed by atoms with Crippen LogP contribution in [0.3, 0.4) is 0 Å². The predicted octanol–water partition coefficient (Wildman–Crippen LogP) is -2.32. The molecule has 0 bridgehead atoms. The Balaban J connectivity index is 5.30. The zero-order chi connectivity index (χ0) is 23.6. The Morgan fingerprint density at radius 3 is 1.80 bits per heavy atom. The van der Waals surface area contributed by atoms with Crippen LogP contribution in [0.25, 0.3) is 0 Å². The van der Waals surface area contributed by atoms with E-state index < -0.39 is 72.3 Å². The number of amides is 3. The van der Waals surface area contributed by atoms with Gasteiger partial charge in [0.25, 0.3) is 0 Å². The summed E-state index contributed by atoms with van der Waals surface area (Å²) in [7, 11) is 0. The first-order chi connectivity index (χ1) is 13.8. The van der Waals surface area contributed by atoms with Crippen LogP contribution < -0.4 is 21.7 Å². The Kier molecular flexibility index (Phi) is 12.0. The largest absolute Gasteiger partial charge is 0.481 e. The maximum atomic E-state index is 12.6. The number of rotatable bonds is 13. The van der Waals surface area contributed by atoms with Gasteiger partial charge in [-0.2, -0.15) is 12.6 Å². The maximum absolute atomic E-state index is 12.6. The number of carbonyl (C=O) groups is 5. The van der Waals surface area contributed by atoms with Crippen molar-refractivity contribution in [2.75, 3.05) is 5.75 Å². The number of nitrogens with one attached hydrogen (secondary N) is 3. The summed E-state index contributed by atoms with van der Waals surface area (Å²) in [4.78, 5) is 59.1. The molecule has 5 atom stereocenters. The number of aliphatic hydroxyl groups is 1. The summed E-state index contributed by atoms with van der Waals surface area (Å²) in [6, 6.07) is -5.13. The second-order valence-corrected chi connectivity index (χ2v) is 7.44. The van der Waals surface area contributed by atoms with Crippen molar-refractivity contribution >= 4 is 42.3 Å². The lowest BCUT2D eigenvalue weighted by atomic mass is 10.0. The smallest absolute Gasteiger partial charge is 0.326 e. The Bertz CT molecular complexity index is 643. The number of carbonyl (C=O) groups excluding carboxylic acids is 3. The normalized spacial score (nSPS) is 16.0. The maximum Gasteiger partial charge on any atom is 0.326 e. The number of aliphatic hydroxyl groups excluding tert-OH is 1. The minimum Gasteiger partial charge on any atom is -0.481 e. The van der Waals surface area contributed by atoms with Crippen molar-refractivity contribution < 1.29 is 39.3 Å². The number of hydrogen-bond donors (Lipinski definition) is 8. The molecule has 0 fully saturated rings. The van der Waals surface area contributed by atoms with Crippen LogP contribution in [0.1, 0.15) is 33.6 Å². The van der Waals surface area contributed by atoms with Gasteiger partial charge in [0.05, 0.1) is 6.10 Å². The van der Waals surface area contributed by atoms with Crippen LogP contribution in [0.5, 0.6) is 0 Å². The van der Waals surface area contributed by atoms with Gasteiger partial charge in [0, 0.05) is 12.2 Å². The number of hydrogen-bond acceptors (Lipinski definition) is 8. The number of carboxylic acids is 2. The average Bonchev–Trinajstić information content (AvgIpc) is 2.65. The summed E-state index contributed by atoms with van der Waals surface area (Å²) in [5.74, 6) is -5.64. The van der Waals surface area contributed by atoms with Crippen LogP contribution in [0.4, 0.5) is 0 Å². The number of carboxylic acid groups (broad SMARTS) is 2. The van der Waals surface area contributed by atoms with Gasteiger partial charge in [-0.15, -0.1) is 0 Å². The Morgan fingerprint density at radius 2 is 1.40 bits per heavy atom. The van der Waals surface area contributed by atoms with E-state index in [1.807, 2.05) is 0 Å². The van der Waals surface area contributed by atoms with E-state index in [0.29, 0.717) is 0 Å². The van der Waals surface area contributed by atoms with Gasteiger partial charge in [0.1, 0.15) is 24.2 Å². The van der Waals surface area contributed by atoms with Gasteiger partial charge < -0.3 is 37.0 Å². The zero-order valence-electron chi connectivity index (χ0n) is 17.0. The fourth-order valence-electron chi connectivity index (χ4n) is 2.26. The zero-order valence-corrected chi connectivity index (χ0v) is 17.9. The molecule has 0 aromatic rings. The van der Waals surface area contributed by atoms with Crippen molar-refractivity contribution in [3.8, 4) is 0 Å². The monoisotopic (exact) mass is 450 g/mol. The molecule has 5 unspecified atom stereocenters. The van der Waals surface area contributed by atoms with Crippen molar-refractivity contribution in [1.29, 1.82) is 0 Å². The summed E-state index contributed by atoms with van der Waals surface area (Å²) in [6.45, 7) is 4.46. The molecule has 0 saturated carbocycles. The van der Waals surface area contributed by atoms with E-state index in [2.05, 4.69) is 28.6 Å². The van der Waals surface area contributed by atoms with Crippen LogP contribution in [-0.4, -0.2) is 81.0 Å². The van der Waals surface area contributed by atoms with Crippen LogP contribution in [0.2, 0.25) is 0 Å². The van der Waals surface area contributed by atoms with Crippen LogP contribution in [0.15, 0.2) is 0 Å². The molecule has 30 heavy (non-hydrogen) atoms. The SMILES string of the molecule is CC(C)C(NC(=O)C(CS)NC(=O)C(CCC(=O)O)NC(=O)C(N)C(C)O)C(=O)O. The van der Waals surface area contributed by atoms with Crippen LogP contribution >= 0.6 is 12.6 Å². The first kappa shape index (κ1) is 27.6. The molecule has 0 aromatic heterocycles. The molecule has 0 aromatic carbocycles. The molecule has 12 nitrogen and oxygen atoms in total. The fraction of sp³-hybridized carbons (Fsp3) is 0.706. The van der Waals surface area contributed by atoms with Crippen molar-refractivity contribution in [2.45, 2.75) is 63.9 Å².